The molecule has 1 aromatic heterocycles. The maximum absolute atomic E-state index is 12.8. The lowest BCUT2D eigenvalue weighted by molar-refractivity contribution is 0.0772. The van der Waals surface area contributed by atoms with Gasteiger partial charge < -0.3 is 23.7 Å². The maximum atomic E-state index is 12.8. The number of hydrogen-bond acceptors (Lipinski definition) is 5. The number of rotatable bonds is 5. The summed E-state index contributed by atoms with van der Waals surface area (Å²) in [6, 6.07) is 8.44. The Morgan fingerprint density at radius 2 is 1.85 bits per heavy atom. The van der Waals surface area contributed by atoms with E-state index in [0.717, 1.165) is 5.69 Å². The maximum Gasteiger partial charge on any atom is 0.254 e. The molecule has 1 aliphatic rings. The Morgan fingerprint density at radius 3 is 2.52 bits per heavy atom. The molecule has 1 aliphatic heterocycles. The van der Waals surface area contributed by atoms with Gasteiger partial charge >= 0.3 is 0 Å². The predicted molar refractivity (Wildman–Crippen MR) is 101 cm³/mol. The highest BCUT2D eigenvalue weighted by Gasteiger charge is 2.29. The fourth-order valence-electron chi connectivity index (χ4n) is 3.16. The van der Waals surface area contributed by atoms with Gasteiger partial charge in [-0.05, 0) is 31.2 Å². The summed E-state index contributed by atoms with van der Waals surface area (Å²) in [6.45, 7) is 2.93. The molecular weight excluding hydrogens is 348 g/mol. The van der Waals surface area contributed by atoms with E-state index in [9.17, 15) is 9.59 Å². The lowest BCUT2D eigenvalue weighted by atomic mass is 10.1. The quantitative estimate of drug-likeness (QED) is 0.803. The molecule has 0 bridgehead atoms. The van der Waals surface area contributed by atoms with Crippen molar-refractivity contribution in [2.75, 3.05) is 27.3 Å². The molecule has 27 heavy (non-hydrogen) atoms. The number of ether oxygens (including phenoxy) is 3. The second-order valence-corrected chi connectivity index (χ2v) is 6.58. The molecule has 1 unspecified atom stereocenters. The number of pyridine rings is 1. The molecule has 0 spiro atoms. The lowest BCUT2D eigenvalue weighted by Crippen LogP contribution is -2.31. The first-order valence-corrected chi connectivity index (χ1v) is 8.78. The van der Waals surface area contributed by atoms with Crippen LogP contribution in [0.1, 0.15) is 22.5 Å². The third kappa shape index (κ3) is 3.92. The van der Waals surface area contributed by atoms with Crippen molar-refractivity contribution in [2.24, 2.45) is 7.05 Å². The number of aromatic nitrogens is 1. The number of likely N-dealkylation sites (tertiary alicyclic amines) is 1. The van der Waals surface area contributed by atoms with Crippen molar-refractivity contribution in [1.29, 1.82) is 0 Å². The van der Waals surface area contributed by atoms with Gasteiger partial charge in [-0.3, -0.25) is 9.59 Å². The third-order valence-corrected chi connectivity index (χ3v) is 4.84. The van der Waals surface area contributed by atoms with Crippen LogP contribution in [0.25, 0.3) is 0 Å². The molecule has 0 saturated carbocycles. The summed E-state index contributed by atoms with van der Waals surface area (Å²) in [5, 5.41) is 0. The van der Waals surface area contributed by atoms with Crippen LogP contribution in [0.15, 0.2) is 35.1 Å². The van der Waals surface area contributed by atoms with Crippen molar-refractivity contribution in [2.45, 2.75) is 19.4 Å². The zero-order chi connectivity index (χ0) is 19.6. The van der Waals surface area contributed by atoms with E-state index < -0.39 is 0 Å². The first kappa shape index (κ1) is 18.8. The molecule has 1 atom stereocenters. The number of nitrogens with zero attached hydrogens (tertiary/aromatic N) is 2. The van der Waals surface area contributed by atoms with Gasteiger partial charge in [0, 0.05) is 37.3 Å². The zero-order valence-electron chi connectivity index (χ0n) is 16.0. The normalized spacial score (nSPS) is 16.3. The Morgan fingerprint density at radius 1 is 1.11 bits per heavy atom. The molecule has 2 heterocycles. The van der Waals surface area contributed by atoms with E-state index in [2.05, 4.69) is 0 Å². The Bertz CT molecular complexity index is 906. The van der Waals surface area contributed by atoms with Crippen LogP contribution in [0, 0.1) is 6.92 Å². The fraction of sp³-hybridized carbons (Fsp3) is 0.400. The first-order valence-electron chi connectivity index (χ1n) is 8.78. The summed E-state index contributed by atoms with van der Waals surface area (Å²) in [5.41, 5.74) is 1.26. The van der Waals surface area contributed by atoms with Gasteiger partial charge in [-0.2, -0.15) is 0 Å². The van der Waals surface area contributed by atoms with Crippen LogP contribution in [0.3, 0.4) is 0 Å². The minimum Gasteiger partial charge on any atom is -0.493 e. The monoisotopic (exact) mass is 372 g/mol. The summed E-state index contributed by atoms with van der Waals surface area (Å²) in [5.74, 6) is 1.56. The fourth-order valence-corrected chi connectivity index (χ4v) is 3.16. The highest BCUT2D eigenvalue weighted by molar-refractivity contribution is 5.95. The largest absolute Gasteiger partial charge is 0.493 e. The van der Waals surface area contributed by atoms with E-state index in [-0.39, 0.29) is 17.6 Å². The van der Waals surface area contributed by atoms with E-state index in [1.165, 1.54) is 13.2 Å². The number of carbonyl (C=O) groups is 1. The molecule has 7 heteroatoms. The summed E-state index contributed by atoms with van der Waals surface area (Å²) in [4.78, 5) is 26.4. The van der Waals surface area contributed by atoms with Gasteiger partial charge in [0.1, 0.15) is 11.9 Å². The van der Waals surface area contributed by atoms with Gasteiger partial charge in [0.15, 0.2) is 11.5 Å². The van der Waals surface area contributed by atoms with Gasteiger partial charge in [0.05, 0.1) is 20.8 Å². The Kier molecular flexibility index (Phi) is 5.39. The predicted octanol–water partition coefficient (Wildman–Crippen LogP) is 2.00. The molecule has 0 N–H and O–H groups in total. The topological polar surface area (TPSA) is 70.0 Å². The molecule has 1 fully saturated rings. The van der Waals surface area contributed by atoms with Crippen LogP contribution >= 0.6 is 0 Å². The summed E-state index contributed by atoms with van der Waals surface area (Å²) >= 11 is 0. The first-order chi connectivity index (χ1) is 12.9. The van der Waals surface area contributed by atoms with Crippen molar-refractivity contribution in [3.8, 4) is 17.2 Å². The SMILES string of the molecule is COc1ccc(C(=O)N2CCC(Oc3cc(C)n(C)c(=O)c3)C2)cc1OC. The van der Waals surface area contributed by atoms with Crippen molar-refractivity contribution in [3.63, 3.8) is 0 Å². The zero-order valence-corrected chi connectivity index (χ0v) is 16.0. The molecule has 0 radical (unpaired) electrons. The Balaban J connectivity index is 1.69. The number of amides is 1. The molecule has 7 nitrogen and oxygen atoms in total. The number of aryl methyl sites for hydroxylation is 1. The summed E-state index contributed by atoms with van der Waals surface area (Å²) in [7, 11) is 4.82. The average molecular weight is 372 g/mol. The number of methoxy groups -OCH3 is 2. The molecule has 144 valence electrons. The highest BCUT2D eigenvalue weighted by Crippen LogP contribution is 2.29. The molecule has 0 aliphatic carbocycles. The minimum atomic E-state index is -0.138. The van der Waals surface area contributed by atoms with E-state index in [1.54, 1.807) is 41.8 Å². The van der Waals surface area contributed by atoms with Gasteiger partial charge in [-0.1, -0.05) is 0 Å². The average Bonchev–Trinajstić information content (AvgIpc) is 3.13. The van der Waals surface area contributed by atoms with Crippen LogP contribution in [-0.2, 0) is 7.05 Å². The van der Waals surface area contributed by atoms with Crippen LogP contribution in [0.2, 0.25) is 0 Å². The molecule has 3 rings (SSSR count). The van der Waals surface area contributed by atoms with Crippen LogP contribution in [-0.4, -0.2) is 48.8 Å². The van der Waals surface area contributed by atoms with Gasteiger partial charge in [0.2, 0.25) is 0 Å². The molecular formula is C20H24N2O5. The number of hydrogen-bond donors (Lipinski definition) is 0. The van der Waals surface area contributed by atoms with Crippen LogP contribution in [0.4, 0.5) is 0 Å². The van der Waals surface area contributed by atoms with Crippen molar-refractivity contribution < 1.29 is 19.0 Å². The van der Waals surface area contributed by atoms with Crippen LogP contribution < -0.4 is 19.8 Å². The van der Waals surface area contributed by atoms with Gasteiger partial charge in [-0.15, -0.1) is 0 Å². The summed E-state index contributed by atoms with van der Waals surface area (Å²) < 4.78 is 18.0. The van der Waals surface area contributed by atoms with Crippen molar-refractivity contribution >= 4 is 5.91 Å². The minimum absolute atomic E-state index is 0.0813. The van der Waals surface area contributed by atoms with E-state index in [1.807, 2.05) is 13.0 Å². The standard InChI is InChI=1S/C20H24N2O5/c1-13-9-16(11-19(23)21(13)2)27-15-7-8-22(12-15)20(24)14-5-6-17(25-3)18(10-14)26-4/h5-6,9-11,15H,7-8,12H2,1-4H3. The Hall–Kier alpha value is -2.96. The summed E-state index contributed by atoms with van der Waals surface area (Å²) in [6.07, 6.45) is 0.577. The van der Waals surface area contributed by atoms with Gasteiger partial charge in [0.25, 0.3) is 11.5 Å². The second kappa shape index (κ2) is 7.73. The molecule has 1 aromatic carbocycles. The van der Waals surface area contributed by atoms with E-state index >= 15 is 0 Å². The molecule has 2 aromatic rings. The third-order valence-electron chi connectivity index (χ3n) is 4.84. The smallest absolute Gasteiger partial charge is 0.254 e. The lowest BCUT2D eigenvalue weighted by Gasteiger charge is -2.18. The highest BCUT2D eigenvalue weighted by atomic mass is 16.5. The second-order valence-electron chi connectivity index (χ2n) is 6.58. The number of benzene rings is 1. The van der Waals surface area contributed by atoms with E-state index in [0.29, 0.717) is 42.3 Å². The number of carbonyl (C=O) groups excluding carboxylic acids is 1. The Labute approximate surface area is 158 Å². The van der Waals surface area contributed by atoms with Crippen molar-refractivity contribution in [1.82, 2.24) is 9.47 Å². The molecule has 1 saturated heterocycles. The van der Waals surface area contributed by atoms with E-state index in [4.69, 9.17) is 14.2 Å². The van der Waals surface area contributed by atoms with Crippen molar-refractivity contribution in [3.05, 3.63) is 51.9 Å². The molecule has 1 amide bonds. The van der Waals surface area contributed by atoms with Gasteiger partial charge in [-0.25, -0.2) is 0 Å². The van der Waals surface area contributed by atoms with Crippen LogP contribution in [0.5, 0.6) is 17.2 Å².